The second kappa shape index (κ2) is 8.65. The molecule has 1 aliphatic carbocycles. The minimum absolute atomic E-state index is 0.0272. The van der Waals surface area contributed by atoms with E-state index in [2.05, 4.69) is 26.2 Å². The molecule has 0 bridgehead atoms. The summed E-state index contributed by atoms with van der Waals surface area (Å²) in [5.41, 5.74) is 1.01. The summed E-state index contributed by atoms with van der Waals surface area (Å²) in [6.45, 7) is 4.12. The van der Waals surface area contributed by atoms with E-state index in [0.717, 1.165) is 42.8 Å². The first-order valence-corrected chi connectivity index (χ1v) is 10.2. The van der Waals surface area contributed by atoms with Gasteiger partial charge in [0, 0.05) is 36.8 Å². The van der Waals surface area contributed by atoms with Crippen LogP contribution < -0.4 is 30.7 Å². The maximum atomic E-state index is 6.19. The van der Waals surface area contributed by atoms with E-state index in [9.17, 15) is 0 Å². The average molecular weight is 376 g/mol. The lowest BCUT2D eigenvalue weighted by Gasteiger charge is -2.33. The molecule has 1 aromatic rings. The van der Waals surface area contributed by atoms with E-state index in [1.165, 1.54) is 32.4 Å². The molecule has 2 aliphatic heterocycles. The third-order valence-corrected chi connectivity index (χ3v) is 5.83. The Morgan fingerprint density at radius 3 is 2.85 bits per heavy atom. The van der Waals surface area contributed by atoms with Crippen LogP contribution in [0.25, 0.3) is 0 Å². The SMILES string of the molecule is CNC1CCNC(Nc2ccc(OC)c(OC[C@@H]3CCN(C4CC4)C3)c2)N1. The fourth-order valence-corrected chi connectivity index (χ4v) is 4.06. The zero-order chi connectivity index (χ0) is 18.6. The van der Waals surface area contributed by atoms with Crippen molar-refractivity contribution < 1.29 is 9.47 Å². The van der Waals surface area contributed by atoms with Gasteiger partial charge in [-0.1, -0.05) is 0 Å². The number of nitrogens with zero attached hydrogens (tertiary/aromatic N) is 1. The number of ether oxygens (including phenoxy) is 2. The molecule has 0 radical (unpaired) electrons. The highest BCUT2D eigenvalue weighted by atomic mass is 16.5. The van der Waals surface area contributed by atoms with Crippen LogP contribution in [0.15, 0.2) is 18.2 Å². The lowest BCUT2D eigenvalue weighted by Crippen LogP contribution is -2.61. The van der Waals surface area contributed by atoms with E-state index >= 15 is 0 Å². The molecule has 2 heterocycles. The maximum Gasteiger partial charge on any atom is 0.163 e. The Morgan fingerprint density at radius 1 is 1.19 bits per heavy atom. The number of methoxy groups -OCH3 is 1. The van der Waals surface area contributed by atoms with Gasteiger partial charge >= 0.3 is 0 Å². The second-order valence-corrected chi connectivity index (χ2v) is 7.89. The van der Waals surface area contributed by atoms with Gasteiger partial charge in [0.15, 0.2) is 11.5 Å². The first-order chi connectivity index (χ1) is 13.2. The van der Waals surface area contributed by atoms with Gasteiger partial charge in [0.1, 0.15) is 6.29 Å². The third kappa shape index (κ3) is 4.85. The van der Waals surface area contributed by atoms with E-state index in [-0.39, 0.29) is 6.29 Å². The lowest BCUT2D eigenvalue weighted by atomic mass is 10.1. The predicted octanol–water partition coefficient (Wildman–Crippen LogP) is 1.38. The van der Waals surface area contributed by atoms with Gasteiger partial charge in [0.25, 0.3) is 0 Å². The van der Waals surface area contributed by atoms with Crippen molar-refractivity contribution in [2.75, 3.05) is 45.7 Å². The van der Waals surface area contributed by atoms with Crippen LogP contribution in [0, 0.1) is 5.92 Å². The highest BCUT2D eigenvalue weighted by Crippen LogP contribution is 2.34. The summed E-state index contributed by atoms with van der Waals surface area (Å²) in [5, 5.41) is 13.7. The Balaban J connectivity index is 1.34. The number of nitrogens with one attached hydrogen (secondary N) is 4. The van der Waals surface area contributed by atoms with Crippen molar-refractivity contribution >= 4 is 5.69 Å². The van der Waals surface area contributed by atoms with Crippen molar-refractivity contribution in [3.8, 4) is 11.5 Å². The van der Waals surface area contributed by atoms with Crippen LogP contribution in [0.1, 0.15) is 25.7 Å². The van der Waals surface area contributed by atoms with Gasteiger partial charge in [-0.25, -0.2) is 0 Å². The Labute approximate surface area is 162 Å². The molecule has 1 aromatic carbocycles. The van der Waals surface area contributed by atoms with E-state index < -0.39 is 0 Å². The molecule has 2 unspecified atom stereocenters. The molecule has 2 saturated heterocycles. The summed E-state index contributed by atoms with van der Waals surface area (Å²) in [7, 11) is 3.67. The van der Waals surface area contributed by atoms with Gasteiger partial charge in [-0.3, -0.25) is 15.5 Å². The molecule has 4 N–H and O–H groups in total. The first kappa shape index (κ1) is 18.8. The van der Waals surface area contributed by atoms with Crippen molar-refractivity contribution in [1.29, 1.82) is 0 Å². The van der Waals surface area contributed by atoms with E-state index in [4.69, 9.17) is 9.47 Å². The van der Waals surface area contributed by atoms with Crippen LogP contribution in [0.4, 0.5) is 5.69 Å². The maximum absolute atomic E-state index is 6.19. The van der Waals surface area contributed by atoms with Crippen molar-refractivity contribution in [1.82, 2.24) is 20.9 Å². The largest absolute Gasteiger partial charge is 0.493 e. The molecule has 7 heteroatoms. The number of hydrogen-bond donors (Lipinski definition) is 4. The molecule has 3 aliphatic rings. The Bertz CT molecular complexity index is 624. The summed E-state index contributed by atoms with van der Waals surface area (Å²) in [6.07, 6.45) is 5.40. The molecule has 0 aromatic heterocycles. The predicted molar refractivity (Wildman–Crippen MR) is 107 cm³/mol. The minimum atomic E-state index is 0.0272. The van der Waals surface area contributed by atoms with Gasteiger partial charge in [-0.05, 0) is 51.4 Å². The lowest BCUT2D eigenvalue weighted by molar-refractivity contribution is 0.230. The van der Waals surface area contributed by atoms with Gasteiger partial charge < -0.3 is 20.1 Å². The Kier molecular flexibility index (Phi) is 6.02. The quantitative estimate of drug-likeness (QED) is 0.547. The van der Waals surface area contributed by atoms with Crippen LogP contribution >= 0.6 is 0 Å². The average Bonchev–Trinajstić information content (AvgIpc) is 3.45. The van der Waals surface area contributed by atoms with Crippen molar-refractivity contribution in [2.24, 2.45) is 5.92 Å². The van der Waals surface area contributed by atoms with Crippen LogP contribution in [-0.2, 0) is 0 Å². The standard InChI is InChI=1S/C20H33N5O2/c1-21-19-7-9-22-20(24-19)23-15-3-6-17(26-2)18(11-15)27-13-14-8-10-25(12-14)16-4-5-16/h3,6,11,14,16,19-24H,4-5,7-10,12-13H2,1-2H3/t14-,19?,20?/m1/s1. The van der Waals surface area contributed by atoms with E-state index in [0.29, 0.717) is 12.1 Å². The molecular formula is C20H33N5O2. The molecule has 3 fully saturated rings. The fourth-order valence-electron chi connectivity index (χ4n) is 4.06. The number of benzene rings is 1. The molecular weight excluding hydrogens is 342 g/mol. The highest BCUT2D eigenvalue weighted by Gasteiger charge is 2.34. The molecule has 0 spiro atoms. The summed E-state index contributed by atoms with van der Waals surface area (Å²) < 4.78 is 11.7. The molecule has 150 valence electrons. The zero-order valence-electron chi connectivity index (χ0n) is 16.5. The van der Waals surface area contributed by atoms with Gasteiger partial charge in [-0.15, -0.1) is 0 Å². The number of anilines is 1. The van der Waals surface area contributed by atoms with Crippen molar-refractivity contribution in [2.45, 2.75) is 44.2 Å². The Hall–Kier alpha value is -1.54. The molecule has 1 saturated carbocycles. The summed E-state index contributed by atoms with van der Waals surface area (Å²) in [5.74, 6) is 2.22. The molecule has 3 atom stereocenters. The molecule has 7 nitrogen and oxygen atoms in total. The van der Waals surface area contributed by atoms with Crippen LogP contribution in [-0.4, -0.2) is 63.8 Å². The normalized spacial score (nSPS) is 28.9. The number of rotatable bonds is 8. The highest BCUT2D eigenvalue weighted by molar-refractivity contribution is 5.55. The summed E-state index contributed by atoms with van der Waals surface area (Å²) >= 11 is 0. The van der Waals surface area contributed by atoms with Gasteiger partial charge in [0.05, 0.1) is 19.9 Å². The smallest absolute Gasteiger partial charge is 0.163 e. The van der Waals surface area contributed by atoms with E-state index in [1.807, 2.05) is 25.2 Å². The van der Waals surface area contributed by atoms with Crippen LogP contribution in [0.2, 0.25) is 0 Å². The fraction of sp³-hybridized carbons (Fsp3) is 0.700. The number of hydrogen-bond acceptors (Lipinski definition) is 7. The monoisotopic (exact) mass is 375 g/mol. The zero-order valence-corrected chi connectivity index (χ0v) is 16.5. The second-order valence-electron chi connectivity index (χ2n) is 7.89. The molecule has 27 heavy (non-hydrogen) atoms. The molecule has 4 rings (SSSR count). The van der Waals surface area contributed by atoms with Crippen molar-refractivity contribution in [3.05, 3.63) is 18.2 Å². The van der Waals surface area contributed by atoms with Gasteiger partial charge in [0.2, 0.25) is 0 Å². The van der Waals surface area contributed by atoms with Crippen LogP contribution in [0.5, 0.6) is 11.5 Å². The summed E-state index contributed by atoms with van der Waals surface area (Å²) in [6, 6.07) is 6.90. The van der Waals surface area contributed by atoms with Gasteiger partial charge in [-0.2, -0.15) is 0 Å². The molecule has 0 amide bonds. The minimum Gasteiger partial charge on any atom is -0.493 e. The van der Waals surface area contributed by atoms with Crippen LogP contribution in [0.3, 0.4) is 0 Å². The van der Waals surface area contributed by atoms with Crippen molar-refractivity contribution in [3.63, 3.8) is 0 Å². The third-order valence-electron chi connectivity index (χ3n) is 5.83. The first-order valence-electron chi connectivity index (χ1n) is 10.2. The van der Waals surface area contributed by atoms with E-state index in [1.54, 1.807) is 7.11 Å². The summed E-state index contributed by atoms with van der Waals surface area (Å²) in [4.78, 5) is 2.63. The Morgan fingerprint density at radius 2 is 2.07 bits per heavy atom. The topological polar surface area (TPSA) is 69.8 Å². The number of likely N-dealkylation sites (tertiary alicyclic amines) is 1.